The molecule has 1 aromatic carbocycles. The normalized spacial score (nSPS) is 10.5. The van der Waals surface area contributed by atoms with Crippen molar-refractivity contribution in [3.63, 3.8) is 0 Å². The first-order valence-electron chi connectivity index (χ1n) is 4.81. The SMILES string of the molecule is CCC(=O)c1nc(Cl)cc2ccccc12. The molecule has 0 unspecified atom stereocenters. The Morgan fingerprint density at radius 3 is 2.87 bits per heavy atom. The van der Waals surface area contributed by atoms with Gasteiger partial charge in [-0.2, -0.15) is 0 Å². The smallest absolute Gasteiger partial charge is 0.181 e. The van der Waals surface area contributed by atoms with Crippen LogP contribution in [-0.4, -0.2) is 10.8 Å². The van der Waals surface area contributed by atoms with Crippen LogP contribution in [0.3, 0.4) is 0 Å². The second-order valence-electron chi connectivity index (χ2n) is 3.29. The van der Waals surface area contributed by atoms with Gasteiger partial charge in [0.05, 0.1) is 0 Å². The van der Waals surface area contributed by atoms with Crippen molar-refractivity contribution in [1.82, 2.24) is 4.98 Å². The van der Waals surface area contributed by atoms with E-state index in [-0.39, 0.29) is 5.78 Å². The number of fused-ring (bicyclic) bond motifs is 1. The second kappa shape index (κ2) is 3.99. The molecule has 2 aromatic rings. The van der Waals surface area contributed by atoms with Gasteiger partial charge in [-0.1, -0.05) is 42.8 Å². The van der Waals surface area contributed by atoms with Gasteiger partial charge in [0.25, 0.3) is 0 Å². The number of benzene rings is 1. The Labute approximate surface area is 92.9 Å². The fraction of sp³-hybridized carbons (Fsp3) is 0.167. The minimum atomic E-state index is 0.0219. The standard InChI is InChI=1S/C12H10ClNO/c1-2-10(15)12-9-6-4-3-5-8(9)7-11(13)14-12/h3-7H,2H2,1H3. The molecule has 76 valence electrons. The molecule has 2 rings (SSSR count). The molecule has 1 heterocycles. The Kier molecular flexibility index (Phi) is 2.69. The predicted molar refractivity (Wildman–Crippen MR) is 61.4 cm³/mol. The number of halogens is 1. The molecule has 0 radical (unpaired) electrons. The average molecular weight is 220 g/mol. The van der Waals surface area contributed by atoms with Gasteiger partial charge in [-0.25, -0.2) is 4.98 Å². The van der Waals surface area contributed by atoms with Crippen molar-refractivity contribution < 1.29 is 4.79 Å². The van der Waals surface area contributed by atoms with Crippen LogP contribution in [0.4, 0.5) is 0 Å². The summed E-state index contributed by atoms with van der Waals surface area (Å²) in [6.45, 7) is 1.82. The lowest BCUT2D eigenvalue weighted by Gasteiger charge is -2.04. The van der Waals surface area contributed by atoms with Gasteiger partial charge < -0.3 is 0 Å². The van der Waals surface area contributed by atoms with E-state index in [1.165, 1.54) is 0 Å². The molecule has 0 fully saturated rings. The molecular formula is C12H10ClNO. The Bertz CT molecular complexity index is 522. The third-order valence-corrected chi connectivity index (χ3v) is 2.49. The first-order chi connectivity index (χ1) is 7.22. The molecule has 0 N–H and O–H groups in total. The van der Waals surface area contributed by atoms with Gasteiger partial charge in [0.15, 0.2) is 5.78 Å². The molecule has 2 nitrogen and oxygen atoms in total. The number of pyridine rings is 1. The summed E-state index contributed by atoms with van der Waals surface area (Å²) in [6.07, 6.45) is 0.442. The van der Waals surface area contributed by atoms with E-state index in [1.807, 2.05) is 31.2 Å². The number of carbonyl (C=O) groups is 1. The Hall–Kier alpha value is -1.41. The maximum Gasteiger partial charge on any atom is 0.181 e. The summed E-state index contributed by atoms with van der Waals surface area (Å²) >= 11 is 5.86. The van der Waals surface area contributed by atoms with Crippen molar-refractivity contribution in [1.29, 1.82) is 0 Å². The lowest BCUT2D eigenvalue weighted by Crippen LogP contribution is -2.01. The van der Waals surface area contributed by atoms with Crippen molar-refractivity contribution in [2.24, 2.45) is 0 Å². The highest BCUT2D eigenvalue weighted by Crippen LogP contribution is 2.21. The van der Waals surface area contributed by atoms with Crippen molar-refractivity contribution >= 4 is 28.2 Å². The number of hydrogen-bond acceptors (Lipinski definition) is 2. The molecule has 15 heavy (non-hydrogen) atoms. The minimum absolute atomic E-state index is 0.0219. The third-order valence-electron chi connectivity index (χ3n) is 2.29. The summed E-state index contributed by atoms with van der Waals surface area (Å²) in [5, 5.41) is 2.19. The van der Waals surface area contributed by atoms with Gasteiger partial charge >= 0.3 is 0 Å². The van der Waals surface area contributed by atoms with Crippen molar-refractivity contribution in [3.8, 4) is 0 Å². The number of hydrogen-bond donors (Lipinski definition) is 0. The summed E-state index contributed by atoms with van der Waals surface area (Å²) in [5.74, 6) is 0.0219. The second-order valence-corrected chi connectivity index (χ2v) is 3.68. The van der Waals surface area contributed by atoms with Gasteiger partial charge in [0.2, 0.25) is 0 Å². The monoisotopic (exact) mass is 219 g/mol. The summed E-state index contributed by atoms with van der Waals surface area (Å²) in [4.78, 5) is 15.7. The van der Waals surface area contributed by atoms with Crippen LogP contribution < -0.4 is 0 Å². The predicted octanol–water partition coefficient (Wildman–Crippen LogP) is 3.48. The number of nitrogens with zero attached hydrogens (tertiary/aromatic N) is 1. The van der Waals surface area contributed by atoms with Gasteiger partial charge in [0, 0.05) is 11.8 Å². The van der Waals surface area contributed by atoms with Gasteiger partial charge in [-0.3, -0.25) is 4.79 Å². The van der Waals surface area contributed by atoms with E-state index in [1.54, 1.807) is 6.07 Å². The van der Waals surface area contributed by atoms with Crippen molar-refractivity contribution in [3.05, 3.63) is 41.2 Å². The van der Waals surface area contributed by atoms with E-state index in [2.05, 4.69) is 4.98 Å². The summed E-state index contributed by atoms with van der Waals surface area (Å²) in [7, 11) is 0. The lowest BCUT2D eigenvalue weighted by molar-refractivity contribution is 0.0985. The summed E-state index contributed by atoms with van der Waals surface area (Å²) in [6, 6.07) is 9.39. The molecule has 0 aliphatic heterocycles. The zero-order valence-corrected chi connectivity index (χ0v) is 9.08. The van der Waals surface area contributed by atoms with E-state index in [9.17, 15) is 4.79 Å². The average Bonchev–Trinajstić information content (AvgIpc) is 2.26. The van der Waals surface area contributed by atoms with Crippen LogP contribution in [-0.2, 0) is 0 Å². The van der Waals surface area contributed by atoms with Crippen LogP contribution >= 0.6 is 11.6 Å². The molecule has 0 spiro atoms. The molecule has 0 bridgehead atoms. The van der Waals surface area contributed by atoms with E-state index in [4.69, 9.17) is 11.6 Å². The minimum Gasteiger partial charge on any atom is -0.292 e. The van der Waals surface area contributed by atoms with Gasteiger partial charge in [0.1, 0.15) is 10.8 Å². The zero-order chi connectivity index (χ0) is 10.8. The van der Waals surface area contributed by atoms with Gasteiger partial charge in [-0.15, -0.1) is 0 Å². The Morgan fingerprint density at radius 1 is 1.40 bits per heavy atom. The van der Waals surface area contributed by atoms with Gasteiger partial charge in [-0.05, 0) is 11.5 Å². The first kappa shape index (κ1) is 10.1. The molecule has 3 heteroatoms. The Balaban J connectivity index is 2.76. The van der Waals surface area contributed by atoms with E-state index >= 15 is 0 Å². The highest BCUT2D eigenvalue weighted by atomic mass is 35.5. The molecule has 0 atom stereocenters. The Morgan fingerprint density at radius 2 is 2.13 bits per heavy atom. The fourth-order valence-electron chi connectivity index (χ4n) is 1.55. The quantitative estimate of drug-likeness (QED) is 0.572. The maximum absolute atomic E-state index is 11.7. The lowest BCUT2D eigenvalue weighted by atomic mass is 10.1. The first-order valence-corrected chi connectivity index (χ1v) is 5.18. The molecule has 1 aromatic heterocycles. The van der Waals surface area contributed by atoms with Crippen LogP contribution in [0.2, 0.25) is 5.15 Å². The van der Waals surface area contributed by atoms with Crippen LogP contribution in [0.1, 0.15) is 23.8 Å². The number of aromatic nitrogens is 1. The van der Waals surface area contributed by atoms with E-state index in [0.29, 0.717) is 17.3 Å². The topological polar surface area (TPSA) is 30.0 Å². The molecule has 0 saturated heterocycles. The number of Topliss-reactive ketones (excluding diaryl/α,β-unsaturated/α-hetero) is 1. The van der Waals surface area contributed by atoms with Crippen molar-refractivity contribution in [2.45, 2.75) is 13.3 Å². The molecule has 0 amide bonds. The largest absolute Gasteiger partial charge is 0.292 e. The van der Waals surface area contributed by atoms with E-state index < -0.39 is 0 Å². The maximum atomic E-state index is 11.7. The van der Waals surface area contributed by atoms with E-state index in [0.717, 1.165) is 10.8 Å². The van der Waals surface area contributed by atoms with Crippen LogP contribution in [0, 0.1) is 0 Å². The van der Waals surface area contributed by atoms with Crippen LogP contribution in [0.5, 0.6) is 0 Å². The van der Waals surface area contributed by atoms with Crippen LogP contribution in [0.15, 0.2) is 30.3 Å². The highest BCUT2D eigenvalue weighted by molar-refractivity contribution is 6.30. The van der Waals surface area contributed by atoms with Crippen molar-refractivity contribution in [2.75, 3.05) is 0 Å². The number of rotatable bonds is 2. The summed E-state index contributed by atoms with van der Waals surface area (Å²) < 4.78 is 0. The molecule has 0 aliphatic rings. The third kappa shape index (κ3) is 1.85. The number of ketones is 1. The molecule has 0 aliphatic carbocycles. The zero-order valence-electron chi connectivity index (χ0n) is 8.33. The highest BCUT2D eigenvalue weighted by Gasteiger charge is 2.10. The molecule has 0 saturated carbocycles. The molecular weight excluding hydrogens is 210 g/mol. The fourth-order valence-corrected chi connectivity index (χ4v) is 1.75. The number of carbonyl (C=O) groups excluding carboxylic acids is 1. The summed E-state index contributed by atoms with van der Waals surface area (Å²) in [5.41, 5.74) is 0.473. The van der Waals surface area contributed by atoms with Crippen LogP contribution in [0.25, 0.3) is 10.8 Å².